The number of H-pyrrole nitrogens is 1. The van der Waals surface area contributed by atoms with E-state index >= 15 is 0 Å². The number of esters is 1. The first-order valence-corrected chi connectivity index (χ1v) is 3.73. The van der Waals surface area contributed by atoms with Gasteiger partial charge in [-0.2, -0.15) is 0 Å². The van der Waals surface area contributed by atoms with Gasteiger partial charge in [-0.25, -0.2) is 9.97 Å². The molecule has 5 nitrogen and oxygen atoms in total. The Morgan fingerprint density at radius 2 is 2.46 bits per heavy atom. The fraction of sp³-hybridized carbons (Fsp3) is 0.125. The molecule has 66 valence electrons. The minimum absolute atomic E-state index is 0.362. The Bertz CT molecular complexity index is 449. The molecule has 1 N–H and O–H groups in total. The van der Waals surface area contributed by atoms with Crippen molar-refractivity contribution in [1.29, 1.82) is 0 Å². The lowest BCUT2D eigenvalue weighted by atomic mass is 10.4. The van der Waals surface area contributed by atoms with E-state index in [1.54, 1.807) is 12.4 Å². The van der Waals surface area contributed by atoms with Crippen molar-refractivity contribution in [3.63, 3.8) is 0 Å². The van der Waals surface area contributed by atoms with Crippen molar-refractivity contribution in [3.05, 3.63) is 18.7 Å². The molecule has 0 fully saturated rings. The maximum atomic E-state index is 10.7. The van der Waals surface area contributed by atoms with Crippen LogP contribution in [-0.2, 0) is 4.79 Å². The summed E-state index contributed by atoms with van der Waals surface area (Å²) in [4.78, 5) is 21.4. The highest BCUT2D eigenvalue weighted by Gasteiger charge is 2.06. The Balaban J connectivity index is 2.51. The van der Waals surface area contributed by atoms with Crippen LogP contribution in [0, 0.1) is 0 Å². The largest absolute Gasteiger partial charge is 0.423 e. The number of carbonyl (C=O) groups is 1. The maximum absolute atomic E-state index is 10.7. The molecule has 2 aromatic heterocycles. The van der Waals surface area contributed by atoms with Gasteiger partial charge in [-0.1, -0.05) is 0 Å². The van der Waals surface area contributed by atoms with Crippen LogP contribution >= 0.6 is 0 Å². The summed E-state index contributed by atoms with van der Waals surface area (Å²) in [5.74, 6) is 0.0735. The molecule has 0 aromatic carbocycles. The SMILES string of the molecule is CC(=O)Oc1c[nH]c2cncnc12. The van der Waals surface area contributed by atoms with Crippen molar-refractivity contribution in [2.75, 3.05) is 0 Å². The predicted octanol–water partition coefficient (Wildman–Crippen LogP) is 0.883. The topological polar surface area (TPSA) is 67.9 Å². The van der Waals surface area contributed by atoms with E-state index in [1.165, 1.54) is 13.3 Å². The Kier molecular flexibility index (Phi) is 1.70. The second kappa shape index (κ2) is 2.85. The number of hydrogen-bond acceptors (Lipinski definition) is 4. The van der Waals surface area contributed by atoms with Gasteiger partial charge in [0.1, 0.15) is 11.8 Å². The normalized spacial score (nSPS) is 10.2. The van der Waals surface area contributed by atoms with E-state index in [-0.39, 0.29) is 5.97 Å². The van der Waals surface area contributed by atoms with Gasteiger partial charge in [0, 0.05) is 13.1 Å². The van der Waals surface area contributed by atoms with Crippen LogP contribution in [0.5, 0.6) is 5.75 Å². The van der Waals surface area contributed by atoms with Crippen molar-refractivity contribution < 1.29 is 9.53 Å². The summed E-state index contributed by atoms with van der Waals surface area (Å²) in [6, 6.07) is 0. The first kappa shape index (κ1) is 7.72. The monoisotopic (exact) mass is 177 g/mol. The van der Waals surface area contributed by atoms with Crippen molar-refractivity contribution in [1.82, 2.24) is 15.0 Å². The molecule has 0 radical (unpaired) electrons. The molecule has 0 saturated carbocycles. The minimum atomic E-state index is -0.362. The van der Waals surface area contributed by atoms with E-state index in [4.69, 9.17) is 4.74 Å². The maximum Gasteiger partial charge on any atom is 0.308 e. The average Bonchev–Trinajstić information content (AvgIpc) is 2.48. The molecular weight excluding hydrogens is 170 g/mol. The molecule has 0 bridgehead atoms. The van der Waals surface area contributed by atoms with Gasteiger partial charge in [0.25, 0.3) is 0 Å². The summed E-state index contributed by atoms with van der Waals surface area (Å²) >= 11 is 0. The predicted molar refractivity (Wildman–Crippen MR) is 45.2 cm³/mol. The second-order valence-corrected chi connectivity index (χ2v) is 2.53. The molecule has 2 aromatic rings. The van der Waals surface area contributed by atoms with Gasteiger partial charge in [0.15, 0.2) is 5.75 Å². The number of aromatic amines is 1. The van der Waals surface area contributed by atoms with E-state index < -0.39 is 0 Å². The van der Waals surface area contributed by atoms with Gasteiger partial charge in [-0.05, 0) is 0 Å². The van der Waals surface area contributed by atoms with E-state index in [0.29, 0.717) is 11.3 Å². The van der Waals surface area contributed by atoms with Crippen LogP contribution in [0.2, 0.25) is 0 Å². The fourth-order valence-corrected chi connectivity index (χ4v) is 1.08. The lowest BCUT2D eigenvalue weighted by Crippen LogP contribution is -2.00. The molecule has 0 amide bonds. The van der Waals surface area contributed by atoms with Gasteiger partial charge >= 0.3 is 5.97 Å². The molecule has 2 rings (SSSR count). The standard InChI is InChI=1S/C8H7N3O2/c1-5(12)13-7-3-10-6-2-9-4-11-8(6)7/h2-4,10H,1H3. The first-order chi connectivity index (χ1) is 6.27. The van der Waals surface area contributed by atoms with E-state index in [0.717, 1.165) is 5.52 Å². The number of ether oxygens (including phenoxy) is 1. The molecule has 5 heteroatoms. The van der Waals surface area contributed by atoms with Crippen LogP contribution in [0.15, 0.2) is 18.7 Å². The number of fused-ring (bicyclic) bond motifs is 1. The molecule has 0 spiro atoms. The lowest BCUT2D eigenvalue weighted by molar-refractivity contribution is -0.131. The summed E-state index contributed by atoms with van der Waals surface area (Å²) in [6.45, 7) is 1.35. The van der Waals surface area contributed by atoms with Crippen molar-refractivity contribution in [2.45, 2.75) is 6.92 Å². The van der Waals surface area contributed by atoms with Crippen LogP contribution < -0.4 is 4.74 Å². The van der Waals surface area contributed by atoms with Gasteiger partial charge in [-0.3, -0.25) is 4.79 Å². The molecule has 0 aliphatic heterocycles. The number of nitrogens with zero attached hydrogens (tertiary/aromatic N) is 2. The highest BCUT2D eigenvalue weighted by molar-refractivity contribution is 5.84. The Morgan fingerprint density at radius 3 is 3.23 bits per heavy atom. The zero-order valence-electron chi connectivity index (χ0n) is 6.94. The van der Waals surface area contributed by atoms with Crippen LogP contribution in [0.3, 0.4) is 0 Å². The summed E-state index contributed by atoms with van der Waals surface area (Å²) < 4.78 is 4.91. The zero-order chi connectivity index (χ0) is 9.26. The molecule has 0 aliphatic rings. The van der Waals surface area contributed by atoms with E-state index in [1.807, 2.05) is 0 Å². The fourth-order valence-electron chi connectivity index (χ4n) is 1.08. The third-order valence-corrected chi connectivity index (χ3v) is 1.56. The third kappa shape index (κ3) is 1.35. The summed E-state index contributed by atoms with van der Waals surface area (Å²) in [5.41, 5.74) is 1.36. The third-order valence-electron chi connectivity index (χ3n) is 1.56. The molecule has 0 saturated heterocycles. The van der Waals surface area contributed by atoms with Crippen LogP contribution in [0.1, 0.15) is 6.92 Å². The van der Waals surface area contributed by atoms with Crippen molar-refractivity contribution >= 4 is 17.0 Å². The van der Waals surface area contributed by atoms with Crippen molar-refractivity contribution in [3.8, 4) is 5.75 Å². The summed E-state index contributed by atoms with van der Waals surface area (Å²) in [5, 5.41) is 0. The van der Waals surface area contributed by atoms with E-state index in [2.05, 4.69) is 15.0 Å². The van der Waals surface area contributed by atoms with Gasteiger partial charge in [-0.15, -0.1) is 0 Å². The van der Waals surface area contributed by atoms with Gasteiger partial charge in [0.05, 0.1) is 11.7 Å². The summed E-state index contributed by atoms with van der Waals surface area (Å²) in [6.07, 6.45) is 4.61. The second-order valence-electron chi connectivity index (χ2n) is 2.53. The van der Waals surface area contributed by atoms with Crippen LogP contribution in [-0.4, -0.2) is 20.9 Å². The Labute approximate surface area is 73.8 Å². The Morgan fingerprint density at radius 1 is 1.62 bits per heavy atom. The highest BCUT2D eigenvalue weighted by Crippen LogP contribution is 2.21. The zero-order valence-corrected chi connectivity index (χ0v) is 6.94. The highest BCUT2D eigenvalue weighted by atomic mass is 16.5. The van der Waals surface area contributed by atoms with Crippen molar-refractivity contribution in [2.24, 2.45) is 0 Å². The minimum Gasteiger partial charge on any atom is -0.423 e. The molecule has 0 unspecified atom stereocenters. The number of nitrogens with one attached hydrogen (secondary N) is 1. The molecule has 13 heavy (non-hydrogen) atoms. The van der Waals surface area contributed by atoms with Gasteiger partial charge in [0.2, 0.25) is 0 Å². The smallest absolute Gasteiger partial charge is 0.308 e. The number of carbonyl (C=O) groups excluding carboxylic acids is 1. The van der Waals surface area contributed by atoms with Gasteiger partial charge < -0.3 is 9.72 Å². The molecule has 0 atom stereocenters. The quantitative estimate of drug-likeness (QED) is 0.656. The number of rotatable bonds is 1. The number of aromatic nitrogens is 3. The first-order valence-electron chi connectivity index (χ1n) is 3.73. The average molecular weight is 177 g/mol. The van der Waals surface area contributed by atoms with Crippen LogP contribution in [0.25, 0.3) is 11.0 Å². The molecule has 2 heterocycles. The summed E-state index contributed by atoms with van der Waals surface area (Å²) in [7, 11) is 0. The number of hydrogen-bond donors (Lipinski definition) is 1. The van der Waals surface area contributed by atoms with Crippen LogP contribution in [0.4, 0.5) is 0 Å². The Hall–Kier alpha value is -1.91. The van der Waals surface area contributed by atoms with E-state index in [9.17, 15) is 4.79 Å². The molecular formula is C8H7N3O2. The molecule has 0 aliphatic carbocycles. The lowest BCUT2D eigenvalue weighted by Gasteiger charge is -1.95.